The lowest BCUT2D eigenvalue weighted by atomic mass is 10.3. The van der Waals surface area contributed by atoms with Crippen molar-refractivity contribution < 1.29 is 4.57 Å². The van der Waals surface area contributed by atoms with E-state index in [1.165, 1.54) is 0 Å². The summed E-state index contributed by atoms with van der Waals surface area (Å²) in [6, 6.07) is 8.17. The van der Waals surface area contributed by atoms with E-state index < -0.39 is 0 Å². The molecule has 0 saturated carbocycles. The minimum absolute atomic E-state index is 0.965. The molecule has 3 nitrogen and oxygen atoms in total. The number of aromatic nitrogens is 3. The summed E-state index contributed by atoms with van der Waals surface area (Å²) in [6.07, 6.45) is 1.93. The number of fused-ring (bicyclic) bond motifs is 1. The van der Waals surface area contributed by atoms with Crippen molar-refractivity contribution in [2.75, 3.05) is 0 Å². The highest BCUT2D eigenvalue weighted by molar-refractivity contribution is 7.07. The van der Waals surface area contributed by atoms with Crippen LogP contribution in [0.4, 0.5) is 0 Å². The molecule has 14 heavy (non-hydrogen) atoms. The number of rotatable bonds is 1. The normalized spacial score (nSPS) is 10.9. The van der Waals surface area contributed by atoms with Crippen LogP contribution in [0.2, 0.25) is 0 Å². The topological polar surface area (TPSA) is 32.6 Å². The van der Waals surface area contributed by atoms with E-state index in [9.17, 15) is 0 Å². The van der Waals surface area contributed by atoms with E-state index in [1.54, 1.807) is 11.3 Å². The van der Waals surface area contributed by atoms with Gasteiger partial charge in [-0.1, -0.05) is 17.1 Å². The fraction of sp³-hybridized carbons (Fsp3) is 0. The minimum atomic E-state index is 0.965. The molecule has 0 bridgehead atoms. The van der Waals surface area contributed by atoms with Crippen molar-refractivity contribution in [1.82, 2.24) is 9.97 Å². The molecule has 3 aromatic rings. The average Bonchev–Trinajstić information content (AvgIpc) is 2.85. The summed E-state index contributed by atoms with van der Waals surface area (Å²) in [6.45, 7) is 0. The van der Waals surface area contributed by atoms with E-state index in [0.29, 0.717) is 0 Å². The number of aromatic amines is 1. The molecule has 0 aliphatic carbocycles. The van der Waals surface area contributed by atoms with Crippen LogP contribution in [0.25, 0.3) is 16.9 Å². The maximum absolute atomic E-state index is 4.27. The van der Waals surface area contributed by atoms with Crippen molar-refractivity contribution in [3.05, 3.63) is 41.5 Å². The van der Waals surface area contributed by atoms with Crippen LogP contribution >= 0.6 is 11.3 Å². The van der Waals surface area contributed by atoms with Gasteiger partial charge in [-0.3, -0.25) is 4.98 Å². The van der Waals surface area contributed by atoms with Gasteiger partial charge in [0.15, 0.2) is 11.8 Å². The fourth-order valence-electron chi connectivity index (χ4n) is 1.52. The van der Waals surface area contributed by atoms with Crippen molar-refractivity contribution in [2.24, 2.45) is 0 Å². The minimum Gasteiger partial charge on any atom is -0.276 e. The molecule has 4 heteroatoms. The highest BCUT2D eigenvalue weighted by Gasteiger charge is 2.10. The van der Waals surface area contributed by atoms with E-state index >= 15 is 0 Å². The van der Waals surface area contributed by atoms with Gasteiger partial charge in [-0.25, -0.2) is 0 Å². The van der Waals surface area contributed by atoms with Crippen LogP contribution in [0.1, 0.15) is 0 Å². The molecular formula is C10H8N3S+. The zero-order valence-corrected chi connectivity index (χ0v) is 8.16. The van der Waals surface area contributed by atoms with Crippen LogP contribution in [0.3, 0.4) is 0 Å². The molecule has 1 aromatic carbocycles. The third kappa shape index (κ3) is 1.04. The Morgan fingerprint density at radius 1 is 1.29 bits per heavy atom. The molecule has 2 heterocycles. The van der Waals surface area contributed by atoms with Gasteiger partial charge < -0.3 is 0 Å². The van der Waals surface area contributed by atoms with Crippen LogP contribution < -0.4 is 4.57 Å². The lowest BCUT2D eigenvalue weighted by Gasteiger charge is -1.89. The van der Waals surface area contributed by atoms with Gasteiger partial charge in [0.2, 0.25) is 0 Å². The molecule has 1 N–H and O–H groups in total. The molecule has 0 radical (unpaired) electrons. The molecule has 0 aliphatic heterocycles. The second kappa shape index (κ2) is 2.92. The summed E-state index contributed by atoms with van der Waals surface area (Å²) < 4.78 is 2.05. The van der Waals surface area contributed by atoms with Crippen molar-refractivity contribution in [3.8, 4) is 5.82 Å². The predicted octanol–water partition coefficient (Wildman–Crippen LogP) is 1.90. The van der Waals surface area contributed by atoms with E-state index in [1.807, 2.05) is 33.9 Å². The second-order valence-electron chi connectivity index (χ2n) is 3.01. The molecule has 0 aliphatic rings. The lowest BCUT2D eigenvalue weighted by Crippen LogP contribution is -2.28. The number of H-pyrrole nitrogens is 1. The SMILES string of the molecule is c1ccc2c(c1)[nH]c[n+]2-c1cscn1. The van der Waals surface area contributed by atoms with Gasteiger partial charge in [0.1, 0.15) is 11.0 Å². The Bertz CT molecular complexity index is 554. The molecule has 0 fully saturated rings. The van der Waals surface area contributed by atoms with E-state index in [0.717, 1.165) is 16.9 Å². The molecular weight excluding hydrogens is 194 g/mol. The summed E-state index contributed by atoms with van der Waals surface area (Å²) in [5.41, 5.74) is 4.11. The Hall–Kier alpha value is -1.68. The first-order valence-electron chi connectivity index (χ1n) is 4.31. The van der Waals surface area contributed by atoms with Gasteiger partial charge in [-0.05, 0) is 12.1 Å². The molecule has 2 aromatic heterocycles. The number of benzene rings is 1. The number of hydrogen-bond donors (Lipinski definition) is 1. The van der Waals surface area contributed by atoms with E-state index in [2.05, 4.69) is 22.1 Å². The molecule has 68 valence electrons. The summed E-state index contributed by atoms with van der Waals surface area (Å²) in [5.74, 6) is 0.965. The maximum Gasteiger partial charge on any atom is 0.278 e. The summed E-state index contributed by atoms with van der Waals surface area (Å²) in [5, 5.41) is 2.03. The number of thiazole rings is 1. The van der Waals surface area contributed by atoms with Gasteiger partial charge in [0, 0.05) is 0 Å². The molecule has 0 amide bonds. The highest BCUT2D eigenvalue weighted by atomic mass is 32.1. The number of para-hydroxylation sites is 2. The Labute approximate surface area is 84.7 Å². The first-order chi connectivity index (χ1) is 6.95. The molecule has 0 saturated heterocycles. The molecule has 0 unspecified atom stereocenters. The summed E-state index contributed by atoms with van der Waals surface area (Å²) in [4.78, 5) is 7.47. The standard InChI is InChI=1S/C10H7N3S/c1-2-4-9-8(3-1)11-6-13(9)10-5-14-7-12-10/h1-7H/p+1. The zero-order valence-electron chi connectivity index (χ0n) is 7.34. The van der Waals surface area contributed by atoms with Crippen molar-refractivity contribution in [1.29, 1.82) is 0 Å². The lowest BCUT2D eigenvalue weighted by molar-refractivity contribution is -0.570. The quantitative estimate of drug-likeness (QED) is 0.601. The number of imidazole rings is 1. The van der Waals surface area contributed by atoms with Gasteiger partial charge in [0.05, 0.1) is 5.38 Å². The number of nitrogens with one attached hydrogen (secondary N) is 1. The Morgan fingerprint density at radius 2 is 2.21 bits per heavy atom. The van der Waals surface area contributed by atoms with Gasteiger partial charge in [0.25, 0.3) is 5.82 Å². The number of hydrogen-bond acceptors (Lipinski definition) is 2. The predicted molar refractivity (Wildman–Crippen MR) is 55.5 cm³/mol. The third-order valence-corrected chi connectivity index (χ3v) is 2.75. The Morgan fingerprint density at radius 3 is 3.07 bits per heavy atom. The fourth-order valence-corrected chi connectivity index (χ4v) is 2.05. The Balaban J connectivity index is 2.33. The zero-order chi connectivity index (χ0) is 9.38. The monoisotopic (exact) mass is 202 g/mol. The third-order valence-electron chi connectivity index (χ3n) is 2.18. The van der Waals surface area contributed by atoms with Gasteiger partial charge >= 0.3 is 0 Å². The van der Waals surface area contributed by atoms with Crippen molar-refractivity contribution in [2.45, 2.75) is 0 Å². The highest BCUT2D eigenvalue weighted by Crippen LogP contribution is 2.09. The van der Waals surface area contributed by atoms with E-state index in [-0.39, 0.29) is 0 Å². The van der Waals surface area contributed by atoms with E-state index in [4.69, 9.17) is 0 Å². The van der Waals surface area contributed by atoms with Crippen LogP contribution in [0, 0.1) is 0 Å². The number of nitrogens with zero attached hydrogens (tertiary/aromatic N) is 2. The van der Waals surface area contributed by atoms with Crippen LogP contribution in [-0.2, 0) is 0 Å². The van der Waals surface area contributed by atoms with Crippen molar-refractivity contribution in [3.63, 3.8) is 0 Å². The van der Waals surface area contributed by atoms with Gasteiger partial charge in [-0.2, -0.15) is 4.57 Å². The van der Waals surface area contributed by atoms with Crippen LogP contribution in [-0.4, -0.2) is 9.97 Å². The van der Waals surface area contributed by atoms with Crippen molar-refractivity contribution >= 4 is 22.4 Å². The Kier molecular flexibility index (Phi) is 1.61. The first kappa shape index (κ1) is 7.70. The van der Waals surface area contributed by atoms with Crippen LogP contribution in [0.5, 0.6) is 0 Å². The van der Waals surface area contributed by atoms with Crippen LogP contribution in [0.15, 0.2) is 41.5 Å². The largest absolute Gasteiger partial charge is 0.278 e. The summed E-state index contributed by atoms with van der Waals surface area (Å²) >= 11 is 1.60. The molecule has 0 spiro atoms. The average molecular weight is 202 g/mol. The first-order valence-corrected chi connectivity index (χ1v) is 5.26. The second-order valence-corrected chi connectivity index (χ2v) is 3.73. The maximum atomic E-state index is 4.27. The summed E-state index contributed by atoms with van der Waals surface area (Å²) in [7, 11) is 0. The smallest absolute Gasteiger partial charge is 0.276 e. The molecule has 3 rings (SSSR count). The van der Waals surface area contributed by atoms with Gasteiger partial charge in [-0.15, -0.1) is 11.3 Å². The molecule has 0 atom stereocenters.